The van der Waals surface area contributed by atoms with Gasteiger partial charge in [0.1, 0.15) is 0 Å². The van der Waals surface area contributed by atoms with Gasteiger partial charge in [-0.3, -0.25) is 0 Å². The molecule has 1 saturated heterocycles. The first kappa shape index (κ1) is 16.6. The molecule has 2 rings (SSSR count). The molecule has 22 heavy (non-hydrogen) atoms. The minimum Gasteiger partial charge on any atom is -0.465 e. The first-order valence-electron chi connectivity index (χ1n) is 6.82. The summed E-state index contributed by atoms with van der Waals surface area (Å²) in [5.41, 5.74) is 0.572. The van der Waals surface area contributed by atoms with E-state index in [-0.39, 0.29) is 11.6 Å². The van der Waals surface area contributed by atoms with Crippen molar-refractivity contribution >= 4 is 6.09 Å². The highest BCUT2D eigenvalue weighted by atomic mass is 19.4. The molecule has 122 valence electrons. The highest BCUT2D eigenvalue weighted by Gasteiger charge is 2.39. The second-order valence-corrected chi connectivity index (χ2v) is 5.27. The van der Waals surface area contributed by atoms with E-state index in [9.17, 15) is 18.0 Å². The zero-order chi connectivity index (χ0) is 16.3. The Morgan fingerprint density at radius 1 is 1.36 bits per heavy atom. The number of rotatable bonds is 3. The summed E-state index contributed by atoms with van der Waals surface area (Å²) in [6, 6.07) is 5.44. The lowest BCUT2D eigenvalue weighted by molar-refractivity contribution is -0.206. The van der Waals surface area contributed by atoms with Crippen molar-refractivity contribution in [1.29, 1.82) is 0 Å². The third-order valence-electron chi connectivity index (χ3n) is 3.61. The second kappa shape index (κ2) is 6.53. The van der Waals surface area contributed by atoms with E-state index >= 15 is 0 Å². The van der Waals surface area contributed by atoms with Crippen LogP contribution in [0.5, 0.6) is 0 Å². The Bertz CT molecular complexity index is 519. The normalized spacial score (nSPS) is 20.7. The summed E-state index contributed by atoms with van der Waals surface area (Å²) in [6.45, 7) is 1.30. The molecule has 1 aliphatic heterocycles. The molecule has 0 aromatic heterocycles. The van der Waals surface area contributed by atoms with Crippen LogP contribution < -0.4 is 5.32 Å². The Morgan fingerprint density at radius 2 is 2.00 bits per heavy atom. The quantitative estimate of drug-likeness (QED) is 0.794. The molecule has 3 N–H and O–H groups in total. The van der Waals surface area contributed by atoms with Crippen LogP contribution in [-0.4, -0.2) is 53.1 Å². The fourth-order valence-corrected chi connectivity index (χ4v) is 2.45. The van der Waals surface area contributed by atoms with Crippen LogP contribution in [0.3, 0.4) is 0 Å². The molecule has 1 aromatic carbocycles. The molecule has 2 atom stereocenters. The molecule has 1 fully saturated rings. The molecule has 8 heteroatoms. The lowest BCUT2D eigenvalue weighted by atomic mass is 10.0. The van der Waals surface area contributed by atoms with E-state index in [2.05, 4.69) is 5.32 Å². The van der Waals surface area contributed by atoms with E-state index in [1.807, 2.05) is 0 Å². The van der Waals surface area contributed by atoms with Crippen molar-refractivity contribution in [2.75, 3.05) is 19.6 Å². The van der Waals surface area contributed by atoms with E-state index in [0.29, 0.717) is 26.1 Å². The summed E-state index contributed by atoms with van der Waals surface area (Å²) in [5, 5.41) is 21.3. The second-order valence-electron chi connectivity index (χ2n) is 5.27. The Labute approximate surface area is 125 Å². The zero-order valence-corrected chi connectivity index (χ0v) is 11.7. The molecule has 1 heterocycles. The van der Waals surface area contributed by atoms with Gasteiger partial charge in [0.25, 0.3) is 0 Å². The number of nitrogens with zero attached hydrogens (tertiary/aromatic N) is 1. The van der Waals surface area contributed by atoms with Crippen LogP contribution in [0.15, 0.2) is 24.3 Å². The maximum atomic E-state index is 12.4. The maximum Gasteiger partial charge on any atom is 0.418 e. The minimum atomic E-state index is -4.69. The molecule has 1 amide bonds. The monoisotopic (exact) mass is 318 g/mol. The summed E-state index contributed by atoms with van der Waals surface area (Å²) < 4.78 is 37.2. The van der Waals surface area contributed by atoms with Crippen molar-refractivity contribution in [3.8, 4) is 0 Å². The average Bonchev–Trinajstić information content (AvgIpc) is 2.46. The van der Waals surface area contributed by atoms with E-state index < -0.39 is 18.4 Å². The summed E-state index contributed by atoms with van der Waals surface area (Å²) in [5.74, 6) is 0. The van der Waals surface area contributed by atoms with Crippen molar-refractivity contribution in [3.63, 3.8) is 0 Å². The number of aliphatic hydroxyl groups is 1. The van der Waals surface area contributed by atoms with Crippen LogP contribution in [0.1, 0.15) is 17.2 Å². The average molecular weight is 318 g/mol. The lowest BCUT2D eigenvalue weighted by Crippen LogP contribution is -2.53. The topological polar surface area (TPSA) is 72.8 Å². The molecule has 5 nitrogen and oxygen atoms in total. The van der Waals surface area contributed by atoms with E-state index in [1.165, 1.54) is 29.2 Å². The standard InChI is InChI=1S/C14H17F3N2O3/c15-14(16,17)12(20)10-3-1-9(2-4-10)7-11-8-19(13(21)22)6-5-18-11/h1-4,11-12,18,20H,5-8H2,(H,21,22). The fraction of sp³-hybridized carbons (Fsp3) is 0.500. The van der Waals surface area contributed by atoms with Gasteiger partial charge in [0.05, 0.1) is 0 Å². The third-order valence-corrected chi connectivity index (χ3v) is 3.61. The summed E-state index contributed by atoms with van der Waals surface area (Å²) in [4.78, 5) is 12.2. The number of hydrogen-bond donors (Lipinski definition) is 3. The SMILES string of the molecule is O=C(O)N1CCNC(Cc2ccc(C(O)C(F)(F)F)cc2)C1. The number of benzene rings is 1. The zero-order valence-electron chi connectivity index (χ0n) is 11.7. The minimum absolute atomic E-state index is 0.0803. The molecule has 0 bridgehead atoms. The molecule has 1 aromatic rings. The van der Waals surface area contributed by atoms with Gasteiger partial charge in [-0.1, -0.05) is 24.3 Å². The number of piperazine rings is 1. The Balaban J connectivity index is 1.98. The number of nitrogens with one attached hydrogen (secondary N) is 1. The summed E-state index contributed by atoms with van der Waals surface area (Å²) in [6.07, 6.45) is -7.65. The summed E-state index contributed by atoms with van der Waals surface area (Å²) >= 11 is 0. The first-order valence-corrected chi connectivity index (χ1v) is 6.82. The van der Waals surface area contributed by atoms with Crippen LogP contribution in [0.2, 0.25) is 0 Å². The molecule has 0 spiro atoms. The van der Waals surface area contributed by atoms with Crippen LogP contribution in [0, 0.1) is 0 Å². The van der Waals surface area contributed by atoms with Crippen LogP contribution in [-0.2, 0) is 6.42 Å². The van der Waals surface area contributed by atoms with E-state index in [1.54, 1.807) is 0 Å². The number of amides is 1. The number of hydrogen-bond acceptors (Lipinski definition) is 3. The molecule has 2 unspecified atom stereocenters. The lowest BCUT2D eigenvalue weighted by Gasteiger charge is -2.32. The number of alkyl halides is 3. The molecular weight excluding hydrogens is 301 g/mol. The van der Waals surface area contributed by atoms with Crippen LogP contribution in [0.25, 0.3) is 0 Å². The van der Waals surface area contributed by atoms with Crippen LogP contribution >= 0.6 is 0 Å². The Morgan fingerprint density at radius 3 is 2.55 bits per heavy atom. The number of halogens is 3. The van der Waals surface area contributed by atoms with Gasteiger partial charge in [0, 0.05) is 25.7 Å². The Kier molecular flexibility index (Phi) is 4.92. The molecule has 1 aliphatic rings. The van der Waals surface area contributed by atoms with Gasteiger partial charge in [-0.2, -0.15) is 13.2 Å². The fourth-order valence-electron chi connectivity index (χ4n) is 2.45. The highest BCUT2D eigenvalue weighted by Crippen LogP contribution is 2.32. The van der Waals surface area contributed by atoms with Crippen molar-refractivity contribution in [3.05, 3.63) is 35.4 Å². The van der Waals surface area contributed by atoms with Crippen molar-refractivity contribution in [2.24, 2.45) is 0 Å². The summed E-state index contributed by atoms with van der Waals surface area (Å²) in [7, 11) is 0. The maximum absolute atomic E-state index is 12.4. The van der Waals surface area contributed by atoms with Gasteiger partial charge in [-0.15, -0.1) is 0 Å². The van der Waals surface area contributed by atoms with Gasteiger partial charge >= 0.3 is 12.3 Å². The van der Waals surface area contributed by atoms with Gasteiger partial charge in [0.15, 0.2) is 6.10 Å². The molecule has 0 aliphatic carbocycles. The predicted molar refractivity (Wildman–Crippen MR) is 72.5 cm³/mol. The smallest absolute Gasteiger partial charge is 0.418 e. The van der Waals surface area contributed by atoms with Crippen molar-refractivity contribution in [2.45, 2.75) is 24.7 Å². The van der Waals surface area contributed by atoms with Gasteiger partial charge in [-0.25, -0.2) is 4.79 Å². The largest absolute Gasteiger partial charge is 0.465 e. The van der Waals surface area contributed by atoms with E-state index in [4.69, 9.17) is 10.2 Å². The molecule has 0 radical (unpaired) electrons. The first-order chi connectivity index (χ1) is 10.3. The van der Waals surface area contributed by atoms with Gasteiger partial charge in [0.2, 0.25) is 0 Å². The van der Waals surface area contributed by atoms with E-state index in [0.717, 1.165) is 5.56 Å². The van der Waals surface area contributed by atoms with Gasteiger partial charge < -0.3 is 20.4 Å². The number of aliphatic hydroxyl groups excluding tert-OH is 1. The number of carboxylic acid groups (broad SMARTS) is 1. The predicted octanol–water partition coefficient (Wildman–Crippen LogP) is 1.78. The van der Waals surface area contributed by atoms with Crippen molar-refractivity contribution < 1.29 is 28.2 Å². The Hall–Kier alpha value is -1.80. The molecule has 0 saturated carbocycles. The number of carbonyl (C=O) groups is 1. The van der Waals surface area contributed by atoms with Gasteiger partial charge in [-0.05, 0) is 17.5 Å². The van der Waals surface area contributed by atoms with Crippen molar-refractivity contribution in [1.82, 2.24) is 10.2 Å². The third kappa shape index (κ3) is 4.11. The molecular formula is C14H17F3N2O3. The highest BCUT2D eigenvalue weighted by molar-refractivity contribution is 5.65. The van der Waals surface area contributed by atoms with Crippen LogP contribution in [0.4, 0.5) is 18.0 Å².